The van der Waals surface area contributed by atoms with E-state index < -0.39 is 0 Å². The van der Waals surface area contributed by atoms with E-state index >= 15 is 0 Å². The van der Waals surface area contributed by atoms with Crippen LogP contribution in [0.15, 0.2) is 0 Å². The Kier molecular flexibility index (Phi) is 15.3. The van der Waals surface area contributed by atoms with Crippen molar-refractivity contribution in [3.63, 3.8) is 0 Å². The summed E-state index contributed by atoms with van der Waals surface area (Å²) in [5, 5.41) is 0.535. The summed E-state index contributed by atoms with van der Waals surface area (Å²) in [6.07, 6.45) is 21.2. The van der Waals surface area contributed by atoms with Crippen LogP contribution in [0, 0.1) is 5.92 Å². The molecule has 0 rings (SSSR count). The van der Waals surface area contributed by atoms with E-state index in [1.807, 2.05) is 0 Å². The zero-order valence-corrected chi connectivity index (χ0v) is 17.4. The van der Waals surface area contributed by atoms with Gasteiger partial charge in [0.05, 0.1) is 0 Å². The van der Waals surface area contributed by atoms with Gasteiger partial charge in [0, 0.05) is 0 Å². The zero-order valence-electron chi connectivity index (χ0n) is 16.3. The van der Waals surface area contributed by atoms with E-state index in [0.29, 0.717) is 5.16 Å². The third-order valence-electron chi connectivity index (χ3n) is 5.37. The highest BCUT2D eigenvalue weighted by Crippen LogP contribution is 2.43. The van der Waals surface area contributed by atoms with E-state index in [2.05, 4.69) is 36.9 Å². The molecule has 0 aromatic heterocycles. The Hall–Kier alpha value is 0.430. The number of unbranched alkanes of at least 4 members (excludes halogenated alkanes) is 7. The minimum Gasteiger partial charge on any atom is -0.131 e. The summed E-state index contributed by atoms with van der Waals surface area (Å²) in [6, 6.07) is 0. The van der Waals surface area contributed by atoms with Gasteiger partial charge < -0.3 is 0 Å². The van der Waals surface area contributed by atoms with Crippen molar-refractivity contribution in [2.45, 2.75) is 129 Å². The molecule has 0 fully saturated rings. The third-order valence-corrected chi connectivity index (χ3v) is 6.42. The van der Waals surface area contributed by atoms with Crippen molar-refractivity contribution >= 4 is 9.24 Å². The average molecular weight is 329 g/mol. The normalized spacial score (nSPS) is 13.5. The first-order chi connectivity index (χ1) is 10.6. The summed E-state index contributed by atoms with van der Waals surface area (Å²) in [6.45, 7) is 9.34. The lowest BCUT2D eigenvalue weighted by Crippen LogP contribution is -2.32. The van der Waals surface area contributed by atoms with Gasteiger partial charge in [-0.15, -0.1) is 9.24 Å². The molecule has 2 unspecified atom stereocenters. The fraction of sp³-hybridized carbons (Fsp3) is 1.00. The fourth-order valence-corrected chi connectivity index (χ4v) is 4.49. The Bertz CT molecular complexity index is 214. The summed E-state index contributed by atoms with van der Waals surface area (Å²) < 4.78 is 0. The maximum absolute atomic E-state index is 3.38. The molecular formula is C21H45P. The SMILES string of the molecule is CCCCCC(CCCC)C(P)(CCCCC)CCCCC. The smallest absolute Gasteiger partial charge is 0.0122 e. The number of rotatable bonds is 16. The highest BCUT2D eigenvalue weighted by Gasteiger charge is 2.32. The molecule has 22 heavy (non-hydrogen) atoms. The summed E-state index contributed by atoms with van der Waals surface area (Å²) >= 11 is 0. The lowest BCUT2D eigenvalue weighted by atomic mass is 9.77. The number of hydrogen-bond acceptors (Lipinski definition) is 0. The van der Waals surface area contributed by atoms with Crippen LogP contribution in [-0.4, -0.2) is 5.16 Å². The first-order valence-electron chi connectivity index (χ1n) is 10.4. The molecule has 0 N–H and O–H groups in total. The van der Waals surface area contributed by atoms with E-state index in [4.69, 9.17) is 0 Å². The summed E-state index contributed by atoms with van der Waals surface area (Å²) in [5.74, 6) is 0.942. The Labute approximate surface area is 144 Å². The predicted octanol–water partition coefficient (Wildman–Crippen LogP) is 8.15. The van der Waals surface area contributed by atoms with Gasteiger partial charge in [0.15, 0.2) is 0 Å². The molecule has 0 spiro atoms. The quantitative estimate of drug-likeness (QED) is 0.198. The zero-order chi connectivity index (χ0) is 16.7. The van der Waals surface area contributed by atoms with Crippen molar-refractivity contribution in [2.24, 2.45) is 5.92 Å². The van der Waals surface area contributed by atoms with Crippen molar-refractivity contribution in [1.29, 1.82) is 0 Å². The van der Waals surface area contributed by atoms with Crippen LogP contribution in [0.3, 0.4) is 0 Å². The van der Waals surface area contributed by atoms with Gasteiger partial charge >= 0.3 is 0 Å². The first-order valence-corrected chi connectivity index (χ1v) is 11.0. The molecule has 0 bridgehead atoms. The molecule has 0 aliphatic rings. The Morgan fingerprint density at radius 3 is 1.45 bits per heavy atom. The molecule has 134 valence electrons. The fourth-order valence-electron chi connectivity index (χ4n) is 3.75. The van der Waals surface area contributed by atoms with E-state index in [0.717, 1.165) is 5.92 Å². The van der Waals surface area contributed by atoms with E-state index in [1.54, 1.807) is 0 Å². The minimum atomic E-state index is 0.535. The lowest BCUT2D eigenvalue weighted by Gasteiger charge is -2.39. The molecule has 1 heteroatoms. The predicted molar refractivity (Wildman–Crippen MR) is 108 cm³/mol. The van der Waals surface area contributed by atoms with E-state index in [-0.39, 0.29) is 0 Å². The van der Waals surface area contributed by atoms with Crippen molar-refractivity contribution in [2.75, 3.05) is 0 Å². The van der Waals surface area contributed by atoms with Crippen LogP contribution in [0.2, 0.25) is 0 Å². The molecule has 0 saturated heterocycles. The summed E-state index contributed by atoms with van der Waals surface area (Å²) in [7, 11) is 3.38. The largest absolute Gasteiger partial charge is 0.131 e. The Balaban J connectivity index is 4.71. The topological polar surface area (TPSA) is 0 Å². The molecule has 0 aliphatic heterocycles. The van der Waals surface area contributed by atoms with Crippen LogP contribution in [0.1, 0.15) is 124 Å². The molecule has 0 aromatic rings. The molecule has 0 nitrogen and oxygen atoms in total. The highest BCUT2D eigenvalue weighted by molar-refractivity contribution is 7.19. The van der Waals surface area contributed by atoms with Gasteiger partial charge in [-0.05, 0) is 36.8 Å². The molecule has 0 amide bonds. The van der Waals surface area contributed by atoms with Crippen molar-refractivity contribution in [1.82, 2.24) is 0 Å². The maximum Gasteiger partial charge on any atom is -0.0122 e. The van der Waals surface area contributed by atoms with Crippen LogP contribution in [0.25, 0.3) is 0 Å². The number of hydrogen-bond donors (Lipinski definition) is 0. The van der Waals surface area contributed by atoms with Crippen LogP contribution < -0.4 is 0 Å². The average Bonchev–Trinajstić information content (AvgIpc) is 2.51. The molecule has 0 saturated carbocycles. The van der Waals surface area contributed by atoms with Gasteiger partial charge in [-0.2, -0.15) is 0 Å². The van der Waals surface area contributed by atoms with Gasteiger partial charge in [0.1, 0.15) is 0 Å². The summed E-state index contributed by atoms with van der Waals surface area (Å²) in [5.41, 5.74) is 0. The Morgan fingerprint density at radius 1 is 0.591 bits per heavy atom. The van der Waals surface area contributed by atoms with Crippen molar-refractivity contribution < 1.29 is 0 Å². The van der Waals surface area contributed by atoms with Gasteiger partial charge in [0.25, 0.3) is 0 Å². The van der Waals surface area contributed by atoms with Crippen molar-refractivity contribution in [3.8, 4) is 0 Å². The highest BCUT2D eigenvalue weighted by atomic mass is 31.0. The van der Waals surface area contributed by atoms with Gasteiger partial charge in [0.2, 0.25) is 0 Å². The third kappa shape index (κ3) is 10.3. The van der Waals surface area contributed by atoms with Gasteiger partial charge in [-0.25, -0.2) is 0 Å². The second-order valence-corrected chi connectivity index (χ2v) is 8.63. The van der Waals surface area contributed by atoms with Crippen LogP contribution in [0.4, 0.5) is 0 Å². The summed E-state index contributed by atoms with van der Waals surface area (Å²) in [4.78, 5) is 0. The van der Waals surface area contributed by atoms with Crippen LogP contribution >= 0.6 is 9.24 Å². The van der Waals surface area contributed by atoms with E-state index in [9.17, 15) is 0 Å². The maximum atomic E-state index is 3.38. The lowest BCUT2D eigenvalue weighted by molar-refractivity contribution is 0.273. The monoisotopic (exact) mass is 328 g/mol. The van der Waals surface area contributed by atoms with Gasteiger partial charge in [-0.1, -0.05) is 98.3 Å². The molecule has 2 atom stereocenters. The standard InChI is InChI=1S/C21H45P/c1-5-9-13-17-20(16-12-8-4)21(22,18-14-10-6-2)19-15-11-7-3/h20H,5-19,22H2,1-4H3. The molecule has 0 aliphatic carbocycles. The van der Waals surface area contributed by atoms with Gasteiger partial charge in [-0.3, -0.25) is 0 Å². The van der Waals surface area contributed by atoms with Crippen LogP contribution in [-0.2, 0) is 0 Å². The second-order valence-electron chi connectivity index (χ2n) is 7.48. The Morgan fingerprint density at radius 2 is 1.00 bits per heavy atom. The van der Waals surface area contributed by atoms with Crippen LogP contribution in [0.5, 0.6) is 0 Å². The molecule has 0 radical (unpaired) electrons. The molecule has 0 heterocycles. The first kappa shape index (κ1) is 22.4. The molecule has 0 aromatic carbocycles. The van der Waals surface area contributed by atoms with E-state index in [1.165, 1.54) is 96.3 Å². The van der Waals surface area contributed by atoms with Crippen molar-refractivity contribution in [3.05, 3.63) is 0 Å². The molecular weight excluding hydrogens is 283 g/mol. The minimum absolute atomic E-state index is 0.535. The second kappa shape index (κ2) is 15.0.